The normalized spacial score (nSPS) is 11.0. The maximum absolute atomic E-state index is 5.66. The van der Waals surface area contributed by atoms with E-state index in [2.05, 4.69) is 23.5 Å². The number of para-hydroxylation sites is 1. The third kappa shape index (κ3) is 4.14. The zero-order valence-electron chi connectivity index (χ0n) is 14.0. The van der Waals surface area contributed by atoms with Crippen molar-refractivity contribution in [2.24, 2.45) is 0 Å². The first-order chi connectivity index (χ1) is 12.3. The van der Waals surface area contributed by atoms with Crippen LogP contribution in [0.2, 0.25) is 0 Å². The van der Waals surface area contributed by atoms with Gasteiger partial charge in [-0.3, -0.25) is 0 Å². The van der Waals surface area contributed by atoms with Crippen LogP contribution < -0.4 is 5.32 Å². The lowest BCUT2D eigenvalue weighted by atomic mass is 9.94. The van der Waals surface area contributed by atoms with Crippen molar-refractivity contribution in [3.8, 4) is 0 Å². The maximum atomic E-state index is 5.66. The van der Waals surface area contributed by atoms with Gasteiger partial charge in [0.05, 0.1) is 13.4 Å². The Hall–Kier alpha value is -2.91. The first kappa shape index (κ1) is 16.9. The molecule has 0 fully saturated rings. The van der Waals surface area contributed by atoms with Crippen LogP contribution in [0.3, 0.4) is 0 Å². The van der Waals surface area contributed by atoms with Gasteiger partial charge >= 0.3 is 0 Å². The number of hydrogen-bond acceptors (Lipinski definition) is 2. The molecule has 0 amide bonds. The number of rotatable bonds is 5. The molecule has 0 heterocycles. The van der Waals surface area contributed by atoms with Crippen molar-refractivity contribution in [3.63, 3.8) is 0 Å². The van der Waals surface area contributed by atoms with E-state index in [1.54, 1.807) is 13.4 Å². The quantitative estimate of drug-likeness (QED) is 0.487. The molecule has 3 rings (SSSR count). The highest BCUT2D eigenvalue weighted by Gasteiger charge is 2.13. The average molecular weight is 345 g/mol. The summed E-state index contributed by atoms with van der Waals surface area (Å²) in [5, 5.41) is 3.31. The van der Waals surface area contributed by atoms with E-state index in [9.17, 15) is 0 Å². The van der Waals surface area contributed by atoms with Crippen molar-refractivity contribution in [3.05, 3.63) is 108 Å². The van der Waals surface area contributed by atoms with E-state index in [4.69, 9.17) is 17.0 Å². The van der Waals surface area contributed by atoms with Crippen LogP contribution in [0.4, 0.5) is 5.69 Å². The Labute approximate surface area is 153 Å². The maximum Gasteiger partial charge on any atom is 0.111 e. The summed E-state index contributed by atoms with van der Waals surface area (Å²) in [6.07, 6.45) is 1.76. The van der Waals surface area contributed by atoms with E-state index in [-0.39, 0.29) is 0 Å². The summed E-state index contributed by atoms with van der Waals surface area (Å²) in [7, 11) is 1.66. The predicted molar refractivity (Wildman–Crippen MR) is 109 cm³/mol. The number of benzene rings is 3. The second-order valence-corrected chi connectivity index (χ2v) is 5.91. The Morgan fingerprint density at radius 1 is 0.800 bits per heavy atom. The molecule has 0 aromatic heterocycles. The summed E-state index contributed by atoms with van der Waals surface area (Å²) in [5.41, 5.74) is 5.05. The van der Waals surface area contributed by atoms with Gasteiger partial charge in [-0.25, -0.2) is 0 Å². The standard InChI is InChI=1S/C22H19NOS/c1-24-16-21(17-10-4-2-5-11-17)19-14-8-9-15-20(19)22(25)23-18-12-6-3-7-13-18/h2-16H,1H3,(H,23,25)/b21-16+. The van der Waals surface area contributed by atoms with Crippen LogP contribution >= 0.6 is 12.2 Å². The molecule has 0 radical (unpaired) electrons. The number of nitrogens with one attached hydrogen (secondary N) is 1. The molecule has 25 heavy (non-hydrogen) atoms. The molecule has 2 nitrogen and oxygen atoms in total. The van der Waals surface area contributed by atoms with Crippen molar-refractivity contribution in [2.45, 2.75) is 0 Å². The Morgan fingerprint density at radius 3 is 2.00 bits per heavy atom. The topological polar surface area (TPSA) is 21.3 Å². The second-order valence-electron chi connectivity index (χ2n) is 5.50. The summed E-state index contributed by atoms with van der Waals surface area (Å²) in [4.78, 5) is 0.680. The van der Waals surface area contributed by atoms with Crippen LogP contribution in [0.25, 0.3) is 5.57 Å². The average Bonchev–Trinajstić information content (AvgIpc) is 2.67. The van der Waals surface area contributed by atoms with E-state index in [1.165, 1.54) is 0 Å². The van der Waals surface area contributed by atoms with Crippen molar-refractivity contribution < 1.29 is 4.74 Å². The summed E-state index contributed by atoms with van der Waals surface area (Å²) in [6, 6.07) is 28.2. The van der Waals surface area contributed by atoms with Crippen LogP contribution in [0.1, 0.15) is 16.7 Å². The zero-order valence-corrected chi connectivity index (χ0v) is 14.8. The summed E-state index contributed by atoms with van der Waals surface area (Å²) in [6.45, 7) is 0. The lowest BCUT2D eigenvalue weighted by Gasteiger charge is -2.15. The third-order valence-corrected chi connectivity index (χ3v) is 4.14. The van der Waals surface area contributed by atoms with Gasteiger partial charge in [0.1, 0.15) is 4.99 Å². The van der Waals surface area contributed by atoms with E-state index < -0.39 is 0 Å². The number of methoxy groups -OCH3 is 1. The SMILES string of the molecule is CO/C=C(\c1ccccc1)c1ccccc1C(=S)Nc1ccccc1. The van der Waals surface area contributed by atoms with Gasteiger partial charge in [0.15, 0.2) is 0 Å². The van der Waals surface area contributed by atoms with Gasteiger partial charge in [0.2, 0.25) is 0 Å². The lowest BCUT2D eigenvalue weighted by molar-refractivity contribution is 0.340. The molecule has 0 saturated heterocycles. The monoisotopic (exact) mass is 345 g/mol. The molecule has 3 heteroatoms. The first-order valence-corrected chi connectivity index (χ1v) is 8.44. The number of hydrogen-bond donors (Lipinski definition) is 1. The fourth-order valence-electron chi connectivity index (χ4n) is 2.66. The molecule has 1 N–H and O–H groups in total. The minimum absolute atomic E-state index is 0.680. The van der Waals surface area contributed by atoms with Crippen LogP contribution in [0.15, 0.2) is 91.2 Å². The third-order valence-electron chi connectivity index (χ3n) is 3.81. The molecule has 0 aliphatic heterocycles. The smallest absolute Gasteiger partial charge is 0.111 e. The predicted octanol–water partition coefficient (Wildman–Crippen LogP) is 5.51. The van der Waals surface area contributed by atoms with Crippen LogP contribution in [0.5, 0.6) is 0 Å². The second kappa shape index (κ2) is 8.27. The Bertz CT molecular complexity index is 873. The minimum Gasteiger partial charge on any atom is -0.504 e. The van der Waals surface area contributed by atoms with E-state index >= 15 is 0 Å². The summed E-state index contributed by atoms with van der Waals surface area (Å²) >= 11 is 5.66. The zero-order chi connectivity index (χ0) is 17.5. The van der Waals surface area contributed by atoms with E-state index in [0.29, 0.717) is 4.99 Å². The van der Waals surface area contributed by atoms with Gasteiger partial charge in [0.25, 0.3) is 0 Å². The molecule has 0 bridgehead atoms. The molecule has 0 spiro atoms. The molecule has 0 aliphatic rings. The van der Waals surface area contributed by atoms with Crippen LogP contribution in [-0.4, -0.2) is 12.1 Å². The fraction of sp³-hybridized carbons (Fsp3) is 0.0455. The molecular weight excluding hydrogens is 326 g/mol. The molecule has 3 aromatic rings. The molecule has 124 valence electrons. The van der Waals surface area contributed by atoms with Gasteiger partial charge in [-0.15, -0.1) is 0 Å². The summed E-state index contributed by atoms with van der Waals surface area (Å²) < 4.78 is 5.34. The largest absolute Gasteiger partial charge is 0.504 e. The number of ether oxygens (including phenoxy) is 1. The van der Waals surface area contributed by atoms with E-state index in [1.807, 2.05) is 66.7 Å². The molecule has 0 unspecified atom stereocenters. The fourth-order valence-corrected chi connectivity index (χ4v) is 2.95. The number of thiocarbonyl (C=S) groups is 1. The molecule has 0 atom stereocenters. The van der Waals surface area contributed by atoms with Crippen molar-refractivity contribution in [2.75, 3.05) is 12.4 Å². The molecular formula is C22H19NOS. The highest BCUT2D eigenvalue weighted by Crippen LogP contribution is 2.27. The Morgan fingerprint density at radius 2 is 1.36 bits per heavy atom. The number of anilines is 1. The molecule has 0 aliphatic carbocycles. The van der Waals surface area contributed by atoms with Crippen LogP contribution in [0, 0.1) is 0 Å². The van der Waals surface area contributed by atoms with Crippen molar-refractivity contribution >= 4 is 28.5 Å². The van der Waals surface area contributed by atoms with Gasteiger partial charge in [-0.1, -0.05) is 85.0 Å². The highest BCUT2D eigenvalue weighted by atomic mass is 32.1. The van der Waals surface area contributed by atoms with Gasteiger partial charge in [-0.2, -0.15) is 0 Å². The summed E-state index contributed by atoms with van der Waals surface area (Å²) in [5.74, 6) is 0. The van der Waals surface area contributed by atoms with Crippen molar-refractivity contribution in [1.29, 1.82) is 0 Å². The Kier molecular flexibility index (Phi) is 5.60. The molecule has 0 saturated carbocycles. The first-order valence-electron chi connectivity index (χ1n) is 8.04. The van der Waals surface area contributed by atoms with Gasteiger partial charge in [-0.05, 0) is 23.3 Å². The van der Waals surface area contributed by atoms with Crippen molar-refractivity contribution in [1.82, 2.24) is 0 Å². The van der Waals surface area contributed by atoms with Gasteiger partial charge < -0.3 is 10.1 Å². The minimum atomic E-state index is 0.680. The Balaban J connectivity index is 2.00. The highest BCUT2D eigenvalue weighted by molar-refractivity contribution is 7.81. The van der Waals surface area contributed by atoms with E-state index in [0.717, 1.165) is 28.0 Å². The van der Waals surface area contributed by atoms with Gasteiger partial charge in [0, 0.05) is 16.8 Å². The van der Waals surface area contributed by atoms with Crippen LogP contribution in [-0.2, 0) is 4.74 Å². The molecule has 3 aromatic carbocycles. The lowest BCUT2D eigenvalue weighted by Crippen LogP contribution is -2.13.